The molecule has 1 atom stereocenters. The number of benzene rings is 2. The van der Waals surface area contributed by atoms with Gasteiger partial charge in [-0.2, -0.15) is 0 Å². The molecule has 0 bridgehead atoms. The zero-order chi connectivity index (χ0) is 14.1. The molecule has 3 N–H and O–H groups in total. The van der Waals surface area contributed by atoms with Crippen molar-refractivity contribution in [2.75, 3.05) is 12.4 Å². The van der Waals surface area contributed by atoms with Crippen LogP contribution >= 0.6 is 0 Å². The maximum atomic E-state index is 11.5. The number of nitrogens with two attached hydrogens (primary N) is 1. The van der Waals surface area contributed by atoms with E-state index in [9.17, 15) is 4.79 Å². The highest BCUT2D eigenvalue weighted by Gasteiger charge is 2.27. The molecule has 1 aliphatic rings. The predicted molar refractivity (Wildman–Crippen MR) is 75.1 cm³/mol. The van der Waals surface area contributed by atoms with Crippen LogP contribution < -0.4 is 20.5 Å². The molecule has 1 amide bonds. The average Bonchev–Trinajstić information content (AvgIpc) is 2.74. The third-order valence-electron chi connectivity index (χ3n) is 3.20. The largest absolute Gasteiger partial charge is 0.497 e. The maximum Gasteiger partial charge on any atom is 0.245 e. The number of hydrogen-bond acceptors (Lipinski definition) is 4. The van der Waals surface area contributed by atoms with E-state index in [0.29, 0.717) is 17.2 Å². The van der Waals surface area contributed by atoms with Gasteiger partial charge in [-0.15, -0.1) is 0 Å². The summed E-state index contributed by atoms with van der Waals surface area (Å²) in [4.78, 5) is 11.5. The zero-order valence-electron chi connectivity index (χ0n) is 10.9. The van der Waals surface area contributed by atoms with E-state index in [1.165, 1.54) is 0 Å². The second kappa shape index (κ2) is 4.86. The molecular formula is C15H14N2O3. The predicted octanol–water partition coefficient (Wildman–Crippen LogP) is 2.44. The summed E-state index contributed by atoms with van der Waals surface area (Å²) in [6.45, 7) is 0. The fraction of sp³-hybridized carbons (Fsp3) is 0.133. The van der Waals surface area contributed by atoms with E-state index in [2.05, 4.69) is 5.32 Å². The van der Waals surface area contributed by atoms with Crippen LogP contribution in [0, 0.1) is 0 Å². The number of rotatable bonds is 3. The Kier molecular flexibility index (Phi) is 3.04. The third kappa shape index (κ3) is 2.19. The normalized spacial score (nSPS) is 16.5. The van der Waals surface area contributed by atoms with Gasteiger partial charge in [0.15, 0.2) is 0 Å². The summed E-state index contributed by atoms with van der Waals surface area (Å²) in [7, 11) is 1.61. The molecule has 3 rings (SSSR count). The Morgan fingerprint density at radius 3 is 2.40 bits per heavy atom. The van der Waals surface area contributed by atoms with Crippen LogP contribution in [-0.2, 0) is 4.79 Å². The highest BCUT2D eigenvalue weighted by atomic mass is 16.5. The Morgan fingerprint density at radius 2 is 1.70 bits per heavy atom. The second-order valence-corrected chi connectivity index (χ2v) is 4.49. The van der Waals surface area contributed by atoms with Gasteiger partial charge in [0, 0.05) is 17.3 Å². The van der Waals surface area contributed by atoms with Crippen LogP contribution in [0.5, 0.6) is 17.2 Å². The quantitative estimate of drug-likeness (QED) is 0.898. The summed E-state index contributed by atoms with van der Waals surface area (Å²) in [5.74, 6) is 1.91. The first-order chi connectivity index (χ1) is 9.67. The number of methoxy groups -OCH3 is 1. The average molecular weight is 270 g/mol. The number of fused-ring (bicyclic) bond motifs is 1. The van der Waals surface area contributed by atoms with Crippen LogP contribution in [0.15, 0.2) is 42.5 Å². The minimum Gasteiger partial charge on any atom is -0.497 e. The minimum absolute atomic E-state index is 0.193. The van der Waals surface area contributed by atoms with Crippen LogP contribution in [-0.4, -0.2) is 13.0 Å². The molecule has 0 aromatic heterocycles. The highest BCUT2D eigenvalue weighted by Crippen LogP contribution is 2.34. The molecule has 5 heteroatoms. The van der Waals surface area contributed by atoms with Crippen LogP contribution in [0.25, 0.3) is 0 Å². The van der Waals surface area contributed by atoms with Crippen molar-refractivity contribution in [2.24, 2.45) is 5.73 Å². The van der Waals surface area contributed by atoms with Gasteiger partial charge in [0.05, 0.1) is 7.11 Å². The lowest BCUT2D eigenvalue weighted by Gasteiger charge is -2.08. The summed E-state index contributed by atoms with van der Waals surface area (Å²) in [6, 6.07) is 12.0. The number of ether oxygens (including phenoxy) is 2. The first-order valence-corrected chi connectivity index (χ1v) is 6.19. The standard InChI is InChI=1S/C15H14N2O3/c1-19-9-2-4-10(5-3-9)20-11-6-7-12-13(8-11)17-15(18)14(12)16/h2-8,14H,16H2,1H3,(H,17,18). The van der Waals surface area contributed by atoms with Crippen molar-refractivity contribution in [1.82, 2.24) is 0 Å². The number of anilines is 1. The molecule has 102 valence electrons. The molecule has 0 aliphatic carbocycles. The topological polar surface area (TPSA) is 73.6 Å². The van der Waals surface area contributed by atoms with Gasteiger partial charge in [-0.25, -0.2) is 0 Å². The fourth-order valence-corrected chi connectivity index (χ4v) is 2.11. The molecule has 0 fully saturated rings. The van der Waals surface area contributed by atoms with Crippen LogP contribution in [0.1, 0.15) is 11.6 Å². The number of amides is 1. The van der Waals surface area contributed by atoms with Crippen molar-refractivity contribution in [3.05, 3.63) is 48.0 Å². The van der Waals surface area contributed by atoms with E-state index in [-0.39, 0.29) is 5.91 Å². The zero-order valence-corrected chi connectivity index (χ0v) is 10.9. The second-order valence-electron chi connectivity index (χ2n) is 4.49. The molecule has 1 heterocycles. The van der Waals surface area contributed by atoms with Gasteiger partial charge in [-0.1, -0.05) is 6.07 Å². The molecule has 5 nitrogen and oxygen atoms in total. The van der Waals surface area contributed by atoms with Gasteiger partial charge >= 0.3 is 0 Å². The van der Waals surface area contributed by atoms with Crippen molar-refractivity contribution >= 4 is 11.6 Å². The first kappa shape index (κ1) is 12.5. The molecule has 0 radical (unpaired) electrons. The highest BCUT2D eigenvalue weighted by molar-refractivity contribution is 6.02. The van der Waals surface area contributed by atoms with Crippen molar-refractivity contribution in [1.29, 1.82) is 0 Å². The lowest BCUT2D eigenvalue weighted by Crippen LogP contribution is -2.19. The summed E-state index contributed by atoms with van der Waals surface area (Å²) >= 11 is 0. The smallest absolute Gasteiger partial charge is 0.245 e. The Hall–Kier alpha value is -2.53. The van der Waals surface area contributed by atoms with E-state index >= 15 is 0 Å². The lowest BCUT2D eigenvalue weighted by atomic mass is 10.1. The number of nitrogens with one attached hydrogen (secondary N) is 1. The van der Waals surface area contributed by atoms with E-state index < -0.39 is 6.04 Å². The Labute approximate surface area is 116 Å². The molecule has 0 spiro atoms. The van der Waals surface area contributed by atoms with Gasteiger partial charge in [-0.3, -0.25) is 4.79 Å². The molecule has 0 saturated heterocycles. The summed E-state index contributed by atoms with van der Waals surface area (Å²) in [5, 5.41) is 2.73. The number of hydrogen-bond donors (Lipinski definition) is 2. The molecular weight excluding hydrogens is 256 g/mol. The first-order valence-electron chi connectivity index (χ1n) is 6.19. The molecule has 0 saturated carbocycles. The molecule has 2 aromatic carbocycles. The number of carbonyl (C=O) groups is 1. The van der Waals surface area contributed by atoms with E-state index in [1.54, 1.807) is 25.3 Å². The minimum atomic E-state index is -0.597. The Morgan fingerprint density at radius 1 is 1.05 bits per heavy atom. The summed E-state index contributed by atoms with van der Waals surface area (Å²) < 4.78 is 10.8. The SMILES string of the molecule is COc1ccc(Oc2ccc3c(c2)NC(=O)C3N)cc1. The molecule has 2 aromatic rings. The Bertz CT molecular complexity index is 653. The van der Waals surface area contributed by atoms with E-state index in [0.717, 1.165) is 11.3 Å². The van der Waals surface area contributed by atoms with Gasteiger partial charge in [0.25, 0.3) is 0 Å². The third-order valence-corrected chi connectivity index (χ3v) is 3.20. The molecule has 1 aliphatic heterocycles. The summed E-state index contributed by atoms with van der Waals surface area (Å²) in [6.07, 6.45) is 0. The van der Waals surface area contributed by atoms with E-state index in [4.69, 9.17) is 15.2 Å². The van der Waals surface area contributed by atoms with Crippen molar-refractivity contribution in [2.45, 2.75) is 6.04 Å². The fourth-order valence-electron chi connectivity index (χ4n) is 2.11. The van der Waals surface area contributed by atoms with Gasteiger partial charge in [-0.05, 0) is 30.3 Å². The van der Waals surface area contributed by atoms with Crippen molar-refractivity contribution < 1.29 is 14.3 Å². The van der Waals surface area contributed by atoms with Crippen LogP contribution in [0.3, 0.4) is 0 Å². The van der Waals surface area contributed by atoms with Crippen molar-refractivity contribution in [3.8, 4) is 17.2 Å². The van der Waals surface area contributed by atoms with Crippen molar-refractivity contribution in [3.63, 3.8) is 0 Å². The molecule has 1 unspecified atom stereocenters. The monoisotopic (exact) mass is 270 g/mol. The van der Waals surface area contributed by atoms with Crippen LogP contribution in [0.2, 0.25) is 0 Å². The number of carbonyl (C=O) groups excluding carboxylic acids is 1. The van der Waals surface area contributed by atoms with Gasteiger partial charge < -0.3 is 20.5 Å². The van der Waals surface area contributed by atoms with Gasteiger partial charge in [0.1, 0.15) is 23.3 Å². The van der Waals surface area contributed by atoms with E-state index in [1.807, 2.05) is 24.3 Å². The molecule has 20 heavy (non-hydrogen) atoms. The van der Waals surface area contributed by atoms with Gasteiger partial charge in [0.2, 0.25) is 5.91 Å². The summed E-state index contributed by atoms with van der Waals surface area (Å²) in [5.41, 5.74) is 7.25. The van der Waals surface area contributed by atoms with Crippen LogP contribution in [0.4, 0.5) is 5.69 Å². The maximum absolute atomic E-state index is 11.5. The lowest BCUT2D eigenvalue weighted by molar-refractivity contribution is -0.116. The Balaban J connectivity index is 1.82.